The number of sulfonamides is 1. The van der Waals surface area contributed by atoms with E-state index >= 15 is 0 Å². The van der Waals surface area contributed by atoms with Crippen LogP contribution >= 0.6 is 0 Å². The number of nitrogens with zero attached hydrogens (tertiary/aromatic N) is 1. The van der Waals surface area contributed by atoms with Gasteiger partial charge in [-0.1, -0.05) is 82.9 Å². The summed E-state index contributed by atoms with van der Waals surface area (Å²) < 4.78 is 25.8. The van der Waals surface area contributed by atoms with Crippen LogP contribution in [-0.4, -0.2) is 25.3 Å². The summed E-state index contributed by atoms with van der Waals surface area (Å²) in [6.07, 6.45) is 11.5. The van der Waals surface area contributed by atoms with Gasteiger partial charge in [0.25, 0.3) is 10.0 Å². The zero-order valence-corrected chi connectivity index (χ0v) is 16.1. The van der Waals surface area contributed by atoms with Crippen LogP contribution in [0.15, 0.2) is 35.2 Å². The maximum absolute atomic E-state index is 12.5. The summed E-state index contributed by atoms with van der Waals surface area (Å²) in [6, 6.07) is 7.03. The zero-order valence-electron chi connectivity index (χ0n) is 15.3. The fourth-order valence-electron chi connectivity index (χ4n) is 2.81. The summed E-state index contributed by atoms with van der Waals surface area (Å²) in [5, 5.41) is 0. The molecule has 0 spiro atoms. The van der Waals surface area contributed by atoms with E-state index in [1.165, 1.54) is 50.7 Å². The Bertz CT molecular complexity index is 588. The molecule has 0 saturated carbocycles. The van der Waals surface area contributed by atoms with Gasteiger partial charge >= 0.3 is 6.03 Å². The molecule has 0 atom stereocenters. The number of primary amides is 1. The van der Waals surface area contributed by atoms with Gasteiger partial charge in [-0.3, -0.25) is 0 Å². The Morgan fingerprint density at radius 1 is 0.880 bits per heavy atom. The van der Waals surface area contributed by atoms with Crippen molar-refractivity contribution in [3.05, 3.63) is 30.3 Å². The number of amides is 2. The number of urea groups is 1. The maximum Gasteiger partial charge on any atom is 0.328 e. The molecule has 0 radical (unpaired) electrons. The first kappa shape index (κ1) is 21.5. The molecule has 0 heterocycles. The van der Waals surface area contributed by atoms with Gasteiger partial charge in [0, 0.05) is 6.54 Å². The summed E-state index contributed by atoms with van der Waals surface area (Å²) in [5.74, 6) is 0. The molecule has 0 bridgehead atoms. The lowest BCUT2D eigenvalue weighted by atomic mass is 10.1. The molecular formula is C19H32N2O3S. The molecule has 2 N–H and O–H groups in total. The average Bonchev–Trinajstić information content (AvgIpc) is 2.60. The molecule has 142 valence electrons. The zero-order chi connectivity index (χ0) is 18.5. The Kier molecular flexibility index (Phi) is 10.2. The smallest absolute Gasteiger partial charge is 0.328 e. The molecule has 0 unspecified atom stereocenters. The quantitative estimate of drug-likeness (QED) is 0.513. The number of benzene rings is 1. The average molecular weight is 369 g/mol. The molecule has 1 aromatic carbocycles. The van der Waals surface area contributed by atoms with Crippen LogP contribution < -0.4 is 5.73 Å². The fourth-order valence-corrected chi connectivity index (χ4v) is 4.17. The van der Waals surface area contributed by atoms with Crippen LogP contribution in [0.1, 0.15) is 71.1 Å². The van der Waals surface area contributed by atoms with Crippen molar-refractivity contribution in [2.24, 2.45) is 5.73 Å². The summed E-state index contributed by atoms with van der Waals surface area (Å²) in [7, 11) is -3.85. The highest BCUT2D eigenvalue weighted by atomic mass is 32.2. The van der Waals surface area contributed by atoms with Gasteiger partial charge in [-0.15, -0.1) is 0 Å². The summed E-state index contributed by atoms with van der Waals surface area (Å²) in [4.78, 5) is 11.7. The minimum atomic E-state index is -3.85. The number of carbonyl (C=O) groups is 1. The van der Waals surface area contributed by atoms with Crippen molar-refractivity contribution in [3.8, 4) is 0 Å². The Hall–Kier alpha value is -1.56. The lowest BCUT2D eigenvalue weighted by Gasteiger charge is -2.20. The first-order valence-corrected chi connectivity index (χ1v) is 10.8. The van der Waals surface area contributed by atoms with E-state index in [1.54, 1.807) is 18.2 Å². The van der Waals surface area contributed by atoms with Crippen LogP contribution in [0.4, 0.5) is 4.79 Å². The summed E-state index contributed by atoms with van der Waals surface area (Å²) >= 11 is 0. The molecule has 0 aromatic heterocycles. The molecule has 0 saturated heterocycles. The number of hydrogen-bond donors (Lipinski definition) is 1. The third-order valence-electron chi connectivity index (χ3n) is 4.29. The van der Waals surface area contributed by atoms with Crippen molar-refractivity contribution in [2.75, 3.05) is 6.54 Å². The summed E-state index contributed by atoms with van der Waals surface area (Å²) in [5.41, 5.74) is 5.29. The molecule has 0 fully saturated rings. The van der Waals surface area contributed by atoms with Crippen LogP contribution in [0.5, 0.6) is 0 Å². The molecule has 1 rings (SSSR count). The Morgan fingerprint density at radius 2 is 1.36 bits per heavy atom. The van der Waals surface area contributed by atoms with Gasteiger partial charge < -0.3 is 5.73 Å². The van der Waals surface area contributed by atoms with Crippen LogP contribution in [0.25, 0.3) is 0 Å². The number of nitrogens with two attached hydrogens (primary N) is 1. The molecule has 0 aliphatic carbocycles. The molecular weight excluding hydrogens is 336 g/mol. The van der Waals surface area contributed by atoms with Gasteiger partial charge in [-0.2, -0.15) is 0 Å². The van der Waals surface area contributed by atoms with Crippen molar-refractivity contribution in [3.63, 3.8) is 0 Å². The van der Waals surface area contributed by atoms with Crippen LogP contribution in [0, 0.1) is 0 Å². The highest BCUT2D eigenvalue weighted by Crippen LogP contribution is 2.17. The third-order valence-corrected chi connectivity index (χ3v) is 6.10. The molecule has 2 amide bonds. The molecule has 6 heteroatoms. The number of rotatable bonds is 13. The minimum absolute atomic E-state index is 0.0980. The van der Waals surface area contributed by atoms with Gasteiger partial charge in [0.15, 0.2) is 0 Å². The minimum Gasteiger partial charge on any atom is -0.351 e. The highest BCUT2D eigenvalue weighted by molar-refractivity contribution is 7.89. The van der Waals surface area contributed by atoms with Gasteiger partial charge in [-0.25, -0.2) is 17.5 Å². The molecule has 0 aliphatic heterocycles. The van der Waals surface area contributed by atoms with Gasteiger partial charge in [0.05, 0.1) is 4.90 Å². The molecule has 5 nitrogen and oxygen atoms in total. The summed E-state index contributed by atoms with van der Waals surface area (Å²) in [6.45, 7) is 2.36. The standard InChI is InChI=1S/C19H32N2O3S/c1-2-3-4-5-6-7-8-9-10-14-17-21(19(20)22)25(23,24)18-15-12-11-13-16-18/h11-13,15-16H,2-10,14,17H2,1H3,(H2,20,22). The van der Waals surface area contributed by atoms with E-state index in [0.29, 0.717) is 6.42 Å². The maximum atomic E-state index is 12.5. The highest BCUT2D eigenvalue weighted by Gasteiger charge is 2.26. The van der Waals surface area contributed by atoms with Gasteiger partial charge in [0.1, 0.15) is 0 Å². The normalized spacial score (nSPS) is 11.4. The second kappa shape index (κ2) is 11.9. The Balaban J connectivity index is 2.32. The van der Waals surface area contributed by atoms with E-state index < -0.39 is 16.1 Å². The first-order valence-electron chi connectivity index (χ1n) is 9.37. The number of hydrogen-bond acceptors (Lipinski definition) is 3. The number of carbonyl (C=O) groups excluding carboxylic acids is 1. The molecule has 25 heavy (non-hydrogen) atoms. The Morgan fingerprint density at radius 3 is 1.84 bits per heavy atom. The van der Waals surface area contributed by atoms with Crippen molar-refractivity contribution in [1.82, 2.24) is 4.31 Å². The predicted molar refractivity (Wildman–Crippen MR) is 102 cm³/mol. The largest absolute Gasteiger partial charge is 0.351 e. The lowest BCUT2D eigenvalue weighted by molar-refractivity contribution is 0.231. The second-order valence-corrected chi connectivity index (χ2v) is 8.27. The number of unbranched alkanes of at least 4 members (excludes halogenated alkanes) is 9. The topological polar surface area (TPSA) is 80.5 Å². The third kappa shape index (κ3) is 7.90. The van der Waals surface area contributed by atoms with Crippen molar-refractivity contribution in [1.29, 1.82) is 0 Å². The fraction of sp³-hybridized carbons (Fsp3) is 0.632. The van der Waals surface area contributed by atoms with E-state index in [-0.39, 0.29) is 11.4 Å². The molecule has 0 aliphatic rings. The van der Waals surface area contributed by atoms with E-state index in [2.05, 4.69) is 6.92 Å². The molecule has 1 aromatic rings. The van der Waals surface area contributed by atoms with Crippen LogP contribution in [0.2, 0.25) is 0 Å². The first-order chi connectivity index (χ1) is 12.0. The lowest BCUT2D eigenvalue weighted by Crippen LogP contribution is -2.41. The Labute approximate surface area is 152 Å². The van der Waals surface area contributed by atoms with Gasteiger partial charge in [-0.05, 0) is 18.6 Å². The monoisotopic (exact) mass is 368 g/mol. The van der Waals surface area contributed by atoms with Crippen molar-refractivity contribution < 1.29 is 13.2 Å². The van der Waals surface area contributed by atoms with E-state index in [1.807, 2.05) is 0 Å². The van der Waals surface area contributed by atoms with Gasteiger partial charge in [0.2, 0.25) is 0 Å². The van der Waals surface area contributed by atoms with E-state index in [0.717, 1.165) is 23.6 Å². The second-order valence-electron chi connectivity index (χ2n) is 6.41. The van der Waals surface area contributed by atoms with E-state index in [4.69, 9.17) is 5.73 Å². The van der Waals surface area contributed by atoms with Crippen molar-refractivity contribution >= 4 is 16.1 Å². The predicted octanol–water partition coefficient (Wildman–Crippen LogP) is 4.68. The van der Waals surface area contributed by atoms with E-state index in [9.17, 15) is 13.2 Å². The van der Waals surface area contributed by atoms with Crippen LogP contribution in [0.3, 0.4) is 0 Å². The SMILES string of the molecule is CCCCCCCCCCCCN(C(N)=O)S(=O)(=O)c1ccccc1. The van der Waals surface area contributed by atoms with Crippen molar-refractivity contribution in [2.45, 2.75) is 76.0 Å². The van der Waals surface area contributed by atoms with Crippen LogP contribution in [-0.2, 0) is 10.0 Å².